The number of hydrogen-bond acceptors (Lipinski definition) is 3. The van der Waals surface area contributed by atoms with E-state index in [1.807, 2.05) is 49.7 Å². The van der Waals surface area contributed by atoms with E-state index >= 15 is 0 Å². The van der Waals surface area contributed by atoms with E-state index in [1.165, 1.54) is 0 Å². The minimum atomic E-state index is -0.871. The van der Waals surface area contributed by atoms with Crippen LogP contribution < -0.4 is 4.74 Å². The predicted octanol–water partition coefficient (Wildman–Crippen LogP) is 2.42. The highest BCUT2D eigenvalue weighted by Gasteiger charge is 2.15. The van der Waals surface area contributed by atoms with Crippen molar-refractivity contribution >= 4 is 5.97 Å². The van der Waals surface area contributed by atoms with Gasteiger partial charge in [0, 0.05) is 18.3 Å². The van der Waals surface area contributed by atoms with Crippen LogP contribution >= 0.6 is 0 Å². The lowest BCUT2D eigenvalue weighted by Gasteiger charge is -2.05. The molecule has 2 rings (SSSR count). The first kappa shape index (κ1) is 14.1. The van der Waals surface area contributed by atoms with Gasteiger partial charge in [-0.25, -0.2) is 4.98 Å². The molecule has 0 saturated heterocycles. The molecule has 0 fully saturated rings. The van der Waals surface area contributed by atoms with Crippen LogP contribution in [0.4, 0.5) is 0 Å². The maximum atomic E-state index is 10.8. The largest absolute Gasteiger partial charge is 0.494 e. The summed E-state index contributed by atoms with van der Waals surface area (Å²) in [5.41, 5.74) is 2.41. The van der Waals surface area contributed by atoms with E-state index < -0.39 is 5.97 Å². The third-order valence-corrected chi connectivity index (χ3v) is 3.22. The molecule has 1 aromatic heterocycles. The van der Waals surface area contributed by atoms with E-state index in [0.717, 1.165) is 22.8 Å². The lowest BCUT2D eigenvalue weighted by molar-refractivity contribution is -0.136. The van der Waals surface area contributed by atoms with E-state index in [0.29, 0.717) is 12.3 Å². The Kier molecular flexibility index (Phi) is 4.08. The molecule has 1 aromatic carbocycles. The fraction of sp³-hybridized carbons (Fsp3) is 0.333. The smallest absolute Gasteiger partial charge is 0.309 e. The highest BCUT2D eigenvalue weighted by Crippen LogP contribution is 2.23. The van der Waals surface area contributed by atoms with Crippen molar-refractivity contribution < 1.29 is 14.6 Å². The summed E-state index contributed by atoms with van der Waals surface area (Å²) >= 11 is 0. The highest BCUT2D eigenvalue weighted by molar-refractivity contribution is 5.70. The van der Waals surface area contributed by atoms with Gasteiger partial charge in [-0.15, -0.1) is 0 Å². The van der Waals surface area contributed by atoms with Crippen LogP contribution in [0.1, 0.15) is 18.3 Å². The minimum Gasteiger partial charge on any atom is -0.494 e. The van der Waals surface area contributed by atoms with Crippen molar-refractivity contribution in [1.29, 1.82) is 0 Å². The summed E-state index contributed by atoms with van der Waals surface area (Å²) < 4.78 is 7.31. The van der Waals surface area contributed by atoms with Crippen molar-refractivity contribution in [3.63, 3.8) is 0 Å². The van der Waals surface area contributed by atoms with Gasteiger partial charge in [0.05, 0.1) is 18.7 Å². The second kappa shape index (κ2) is 5.77. The first-order valence-corrected chi connectivity index (χ1v) is 6.50. The van der Waals surface area contributed by atoms with Crippen LogP contribution in [0.2, 0.25) is 0 Å². The molecule has 5 nitrogen and oxygen atoms in total. The number of aliphatic carboxylic acids is 1. The molecule has 0 amide bonds. The summed E-state index contributed by atoms with van der Waals surface area (Å²) in [7, 11) is 1.89. The maximum absolute atomic E-state index is 10.8. The van der Waals surface area contributed by atoms with Crippen molar-refractivity contribution in [1.82, 2.24) is 9.55 Å². The van der Waals surface area contributed by atoms with E-state index in [2.05, 4.69) is 4.98 Å². The average Bonchev–Trinajstić information content (AvgIpc) is 2.68. The molecule has 0 unspecified atom stereocenters. The van der Waals surface area contributed by atoms with Gasteiger partial charge in [-0.3, -0.25) is 4.79 Å². The average molecular weight is 274 g/mol. The number of rotatable bonds is 5. The normalized spacial score (nSPS) is 10.6. The van der Waals surface area contributed by atoms with Crippen molar-refractivity contribution in [3.05, 3.63) is 35.7 Å². The molecule has 1 heterocycles. The van der Waals surface area contributed by atoms with E-state index in [9.17, 15) is 4.79 Å². The Hall–Kier alpha value is -2.30. The number of carboxylic acid groups (broad SMARTS) is 1. The molecule has 20 heavy (non-hydrogen) atoms. The molecule has 0 saturated carbocycles. The molecule has 0 bridgehead atoms. The molecule has 0 aliphatic rings. The molecule has 0 aliphatic heterocycles. The van der Waals surface area contributed by atoms with Crippen molar-refractivity contribution in [2.45, 2.75) is 20.3 Å². The summed E-state index contributed by atoms with van der Waals surface area (Å²) in [6, 6.07) is 7.63. The minimum absolute atomic E-state index is 0.0588. The van der Waals surface area contributed by atoms with Crippen LogP contribution in [0, 0.1) is 6.92 Å². The molecule has 2 aromatic rings. The van der Waals surface area contributed by atoms with Crippen LogP contribution in [0.25, 0.3) is 11.4 Å². The summed E-state index contributed by atoms with van der Waals surface area (Å²) in [5, 5.41) is 8.89. The number of imidazole rings is 1. The van der Waals surface area contributed by atoms with Gasteiger partial charge in [-0.2, -0.15) is 0 Å². The molecule has 5 heteroatoms. The fourth-order valence-electron chi connectivity index (χ4n) is 2.07. The Morgan fingerprint density at radius 1 is 1.35 bits per heavy atom. The number of benzene rings is 1. The Morgan fingerprint density at radius 3 is 2.55 bits per heavy atom. The van der Waals surface area contributed by atoms with E-state index in [1.54, 1.807) is 0 Å². The third kappa shape index (κ3) is 2.82. The molecule has 0 aliphatic carbocycles. The first-order chi connectivity index (χ1) is 9.52. The fourth-order valence-corrected chi connectivity index (χ4v) is 2.07. The topological polar surface area (TPSA) is 64.3 Å². The molecule has 0 atom stereocenters. The zero-order valence-corrected chi connectivity index (χ0v) is 11.9. The molecular weight excluding hydrogens is 256 g/mol. The quantitative estimate of drug-likeness (QED) is 0.909. The predicted molar refractivity (Wildman–Crippen MR) is 75.9 cm³/mol. The van der Waals surface area contributed by atoms with Gasteiger partial charge in [-0.05, 0) is 38.1 Å². The van der Waals surface area contributed by atoms with Gasteiger partial charge in [0.25, 0.3) is 0 Å². The van der Waals surface area contributed by atoms with Gasteiger partial charge in [-0.1, -0.05) is 0 Å². The van der Waals surface area contributed by atoms with Crippen molar-refractivity contribution in [2.24, 2.45) is 7.05 Å². The lowest BCUT2D eigenvalue weighted by atomic mass is 10.2. The second-order valence-corrected chi connectivity index (χ2v) is 4.55. The first-order valence-electron chi connectivity index (χ1n) is 6.50. The third-order valence-electron chi connectivity index (χ3n) is 3.22. The number of ether oxygens (including phenoxy) is 1. The molecule has 1 N–H and O–H groups in total. The van der Waals surface area contributed by atoms with Gasteiger partial charge < -0.3 is 14.4 Å². The Balaban J connectivity index is 2.34. The van der Waals surface area contributed by atoms with E-state index in [4.69, 9.17) is 9.84 Å². The maximum Gasteiger partial charge on any atom is 0.309 e. The number of carboxylic acids is 1. The summed E-state index contributed by atoms with van der Waals surface area (Å²) in [5.74, 6) is 0.708. The van der Waals surface area contributed by atoms with Gasteiger partial charge >= 0.3 is 5.97 Å². The molecule has 0 spiro atoms. The van der Waals surface area contributed by atoms with Gasteiger partial charge in [0.2, 0.25) is 0 Å². The van der Waals surface area contributed by atoms with Crippen LogP contribution in [-0.4, -0.2) is 27.2 Å². The lowest BCUT2D eigenvalue weighted by Crippen LogP contribution is -2.02. The Bertz CT molecular complexity index is 615. The zero-order chi connectivity index (χ0) is 14.7. The number of hydrogen-bond donors (Lipinski definition) is 1. The summed E-state index contributed by atoms with van der Waals surface area (Å²) in [4.78, 5) is 15.3. The molecule has 0 radical (unpaired) electrons. The van der Waals surface area contributed by atoms with E-state index in [-0.39, 0.29) is 6.42 Å². The summed E-state index contributed by atoms with van der Waals surface area (Å²) in [6.45, 7) is 4.45. The monoisotopic (exact) mass is 274 g/mol. The van der Waals surface area contributed by atoms with Crippen LogP contribution in [0.5, 0.6) is 5.75 Å². The highest BCUT2D eigenvalue weighted by atomic mass is 16.5. The van der Waals surface area contributed by atoms with Crippen molar-refractivity contribution in [2.75, 3.05) is 6.61 Å². The zero-order valence-electron chi connectivity index (χ0n) is 11.9. The Labute approximate surface area is 117 Å². The SMILES string of the molecule is CCOc1ccc(-c2nc(CC(=O)O)c(C)n2C)cc1. The van der Waals surface area contributed by atoms with Gasteiger partial charge in [0.15, 0.2) is 0 Å². The Morgan fingerprint density at radius 2 is 2.00 bits per heavy atom. The van der Waals surface area contributed by atoms with Crippen LogP contribution in [0.3, 0.4) is 0 Å². The number of carbonyl (C=O) groups is 1. The number of aromatic nitrogens is 2. The van der Waals surface area contributed by atoms with Crippen LogP contribution in [0.15, 0.2) is 24.3 Å². The molecular formula is C15H18N2O3. The van der Waals surface area contributed by atoms with Gasteiger partial charge in [0.1, 0.15) is 11.6 Å². The second-order valence-electron chi connectivity index (χ2n) is 4.55. The van der Waals surface area contributed by atoms with Crippen LogP contribution in [-0.2, 0) is 18.3 Å². The standard InChI is InChI=1S/C15H18N2O3/c1-4-20-12-7-5-11(6-8-12)15-16-13(9-14(18)19)10(2)17(15)3/h5-8H,4,9H2,1-3H3,(H,18,19). The number of nitrogens with zero attached hydrogens (tertiary/aromatic N) is 2. The van der Waals surface area contributed by atoms with Crippen molar-refractivity contribution in [3.8, 4) is 17.1 Å². The summed E-state index contributed by atoms with van der Waals surface area (Å²) in [6.07, 6.45) is -0.0588. The molecule has 106 valence electrons.